The van der Waals surface area contributed by atoms with E-state index >= 15 is 0 Å². The number of rotatable bonds is 5. The number of hydrogen-bond donors (Lipinski definition) is 1. The number of nitrogens with one attached hydrogen (secondary N) is 1. The van der Waals surface area contributed by atoms with Gasteiger partial charge in [-0.2, -0.15) is 0 Å². The number of hydrogen-bond acceptors (Lipinski definition) is 4. The van der Waals surface area contributed by atoms with Crippen LogP contribution in [-0.4, -0.2) is 41.3 Å². The number of piperidine rings is 1. The number of carbonyl (C=O) groups excluding carboxylic acids is 2. The van der Waals surface area contributed by atoms with Crippen LogP contribution in [0.3, 0.4) is 0 Å². The zero-order valence-corrected chi connectivity index (χ0v) is 15.2. The molecule has 1 fully saturated rings. The highest BCUT2D eigenvalue weighted by molar-refractivity contribution is 7.09. The molecular formula is C19H23N3O2S. The van der Waals surface area contributed by atoms with Gasteiger partial charge in [0.25, 0.3) is 5.91 Å². The number of aromatic nitrogens is 1. The normalized spacial score (nSPS) is 17.3. The molecule has 1 N–H and O–H groups in total. The number of amides is 2. The van der Waals surface area contributed by atoms with Gasteiger partial charge in [-0.25, -0.2) is 4.98 Å². The topological polar surface area (TPSA) is 62.3 Å². The van der Waals surface area contributed by atoms with Crippen molar-refractivity contribution in [3.8, 4) is 0 Å². The molecule has 132 valence electrons. The van der Waals surface area contributed by atoms with Crippen LogP contribution in [0, 0.1) is 0 Å². The van der Waals surface area contributed by atoms with Crippen LogP contribution in [0.5, 0.6) is 0 Å². The minimum absolute atomic E-state index is 0.0159. The SMILES string of the molecule is CC(=O)NCCc1csc([C@@H]2CCCN(C(=O)c3ccccc3)C2)n1. The van der Waals surface area contributed by atoms with E-state index in [1.54, 1.807) is 11.3 Å². The van der Waals surface area contributed by atoms with E-state index in [2.05, 4.69) is 10.7 Å². The van der Waals surface area contributed by atoms with Crippen molar-refractivity contribution in [1.82, 2.24) is 15.2 Å². The van der Waals surface area contributed by atoms with Gasteiger partial charge in [0.05, 0.1) is 10.7 Å². The highest BCUT2D eigenvalue weighted by atomic mass is 32.1. The summed E-state index contributed by atoms with van der Waals surface area (Å²) in [7, 11) is 0. The Morgan fingerprint density at radius 1 is 1.32 bits per heavy atom. The molecule has 6 heteroatoms. The van der Waals surface area contributed by atoms with E-state index in [1.807, 2.05) is 35.2 Å². The molecule has 3 rings (SSSR count). The molecule has 2 aromatic rings. The van der Waals surface area contributed by atoms with Crippen LogP contribution in [0.2, 0.25) is 0 Å². The molecule has 1 aromatic heterocycles. The first-order chi connectivity index (χ1) is 12.1. The van der Waals surface area contributed by atoms with E-state index in [1.165, 1.54) is 6.92 Å². The maximum atomic E-state index is 12.7. The second kappa shape index (κ2) is 8.25. The summed E-state index contributed by atoms with van der Waals surface area (Å²) in [6.45, 7) is 3.67. The first kappa shape index (κ1) is 17.6. The number of benzene rings is 1. The van der Waals surface area contributed by atoms with Crippen LogP contribution in [0.15, 0.2) is 35.7 Å². The van der Waals surface area contributed by atoms with Crippen molar-refractivity contribution in [2.75, 3.05) is 19.6 Å². The van der Waals surface area contributed by atoms with Gasteiger partial charge in [0, 0.05) is 49.8 Å². The standard InChI is InChI=1S/C19H23N3O2S/c1-14(23)20-10-9-17-13-25-18(21-17)16-8-5-11-22(12-16)19(24)15-6-3-2-4-7-15/h2-4,6-7,13,16H,5,8-12H2,1H3,(H,20,23)/t16-/m1/s1. The van der Waals surface area contributed by atoms with Gasteiger partial charge in [-0.3, -0.25) is 9.59 Å². The summed E-state index contributed by atoms with van der Waals surface area (Å²) in [4.78, 5) is 30.3. The molecule has 2 amide bonds. The van der Waals surface area contributed by atoms with Crippen molar-refractivity contribution in [2.24, 2.45) is 0 Å². The number of carbonyl (C=O) groups is 2. The Kier molecular flexibility index (Phi) is 5.81. The maximum absolute atomic E-state index is 12.7. The Labute approximate surface area is 152 Å². The van der Waals surface area contributed by atoms with Crippen LogP contribution in [0.25, 0.3) is 0 Å². The van der Waals surface area contributed by atoms with Crippen LogP contribution >= 0.6 is 11.3 Å². The highest BCUT2D eigenvalue weighted by Gasteiger charge is 2.27. The number of thiazole rings is 1. The van der Waals surface area contributed by atoms with Crippen LogP contribution < -0.4 is 5.32 Å². The molecule has 0 bridgehead atoms. The Hall–Kier alpha value is -2.21. The Morgan fingerprint density at radius 2 is 2.12 bits per heavy atom. The minimum Gasteiger partial charge on any atom is -0.356 e. The molecule has 5 nitrogen and oxygen atoms in total. The van der Waals surface area contributed by atoms with Gasteiger partial charge >= 0.3 is 0 Å². The van der Waals surface area contributed by atoms with E-state index in [9.17, 15) is 9.59 Å². The summed E-state index contributed by atoms with van der Waals surface area (Å²) >= 11 is 1.66. The van der Waals surface area contributed by atoms with E-state index in [0.29, 0.717) is 12.5 Å². The van der Waals surface area contributed by atoms with Gasteiger partial charge in [0.15, 0.2) is 0 Å². The molecule has 0 spiro atoms. The van der Waals surface area contributed by atoms with E-state index in [4.69, 9.17) is 4.98 Å². The fourth-order valence-electron chi connectivity index (χ4n) is 3.12. The Morgan fingerprint density at radius 3 is 2.88 bits per heavy atom. The van der Waals surface area contributed by atoms with Crippen molar-refractivity contribution < 1.29 is 9.59 Å². The molecule has 1 aromatic carbocycles. The van der Waals surface area contributed by atoms with Gasteiger partial charge < -0.3 is 10.2 Å². The number of nitrogens with zero attached hydrogens (tertiary/aromatic N) is 2. The third-order valence-electron chi connectivity index (χ3n) is 4.40. The smallest absolute Gasteiger partial charge is 0.253 e. The van der Waals surface area contributed by atoms with Gasteiger partial charge in [-0.15, -0.1) is 11.3 Å². The van der Waals surface area contributed by atoms with Crippen molar-refractivity contribution in [3.63, 3.8) is 0 Å². The predicted molar refractivity (Wildman–Crippen MR) is 98.8 cm³/mol. The summed E-state index contributed by atoms with van der Waals surface area (Å²) in [6, 6.07) is 9.46. The second-order valence-corrected chi connectivity index (χ2v) is 7.26. The van der Waals surface area contributed by atoms with Crippen LogP contribution in [-0.2, 0) is 11.2 Å². The lowest BCUT2D eigenvalue weighted by Crippen LogP contribution is -2.39. The van der Waals surface area contributed by atoms with Crippen molar-refractivity contribution in [1.29, 1.82) is 0 Å². The largest absolute Gasteiger partial charge is 0.356 e. The average molecular weight is 357 g/mol. The van der Waals surface area contributed by atoms with Crippen molar-refractivity contribution in [3.05, 3.63) is 52.0 Å². The van der Waals surface area contributed by atoms with Gasteiger partial charge in [-0.05, 0) is 25.0 Å². The summed E-state index contributed by atoms with van der Waals surface area (Å²) in [5.41, 5.74) is 1.76. The predicted octanol–water partition coefficient (Wildman–Crippen LogP) is 2.84. The molecule has 0 unspecified atom stereocenters. The number of likely N-dealkylation sites (tertiary alicyclic amines) is 1. The van der Waals surface area contributed by atoms with Crippen molar-refractivity contribution in [2.45, 2.75) is 32.1 Å². The maximum Gasteiger partial charge on any atom is 0.253 e. The van der Waals surface area contributed by atoms with Crippen LogP contribution in [0.1, 0.15) is 46.7 Å². The molecule has 1 saturated heterocycles. The Bertz CT molecular complexity index is 729. The molecule has 1 aliphatic heterocycles. The summed E-state index contributed by atoms with van der Waals surface area (Å²) in [6.07, 6.45) is 2.82. The second-order valence-electron chi connectivity index (χ2n) is 6.37. The molecule has 2 heterocycles. The van der Waals surface area contributed by atoms with E-state index in [-0.39, 0.29) is 11.8 Å². The zero-order valence-electron chi connectivity index (χ0n) is 14.4. The van der Waals surface area contributed by atoms with E-state index in [0.717, 1.165) is 48.6 Å². The highest BCUT2D eigenvalue weighted by Crippen LogP contribution is 2.30. The lowest BCUT2D eigenvalue weighted by molar-refractivity contribution is -0.118. The molecule has 0 radical (unpaired) electrons. The molecule has 1 atom stereocenters. The van der Waals surface area contributed by atoms with Gasteiger partial charge in [0.1, 0.15) is 0 Å². The van der Waals surface area contributed by atoms with E-state index < -0.39 is 0 Å². The fourth-order valence-corrected chi connectivity index (χ4v) is 4.10. The summed E-state index contributed by atoms with van der Waals surface area (Å²) < 4.78 is 0. The first-order valence-corrected chi connectivity index (χ1v) is 9.54. The fraction of sp³-hybridized carbons (Fsp3) is 0.421. The Balaban J connectivity index is 1.61. The van der Waals surface area contributed by atoms with Crippen LogP contribution in [0.4, 0.5) is 0 Å². The molecule has 0 saturated carbocycles. The third-order valence-corrected chi connectivity index (χ3v) is 5.46. The monoisotopic (exact) mass is 357 g/mol. The summed E-state index contributed by atoms with van der Waals surface area (Å²) in [5, 5.41) is 5.96. The summed E-state index contributed by atoms with van der Waals surface area (Å²) in [5.74, 6) is 0.395. The zero-order chi connectivity index (χ0) is 17.6. The quantitative estimate of drug-likeness (QED) is 0.895. The lowest BCUT2D eigenvalue weighted by Gasteiger charge is -2.32. The minimum atomic E-state index is -0.0159. The molecular weight excluding hydrogens is 334 g/mol. The third kappa shape index (κ3) is 4.66. The molecule has 25 heavy (non-hydrogen) atoms. The average Bonchev–Trinajstić information content (AvgIpc) is 3.10. The van der Waals surface area contributed by atoms with Gasteiger partial charge in [-0.1, -0.05) is 18.2 Å². The first-order valence-electron chi connectivity index (χ1n) is 8.66. The molecule has 1 aliphatic rings. The molecule has 0 aliphatic carbocycles. The van der Waals surface area contributed by atoms with Gasteiger partial charge in [0.2, 0.25) is 5.91 Å². The van der Waals surface area contributed by atoms with Crippen molar-refractivity contribution >= 4 is 23.2 Å². The lowest BCUT2D eigenvalue weighted by atomic mass is 9.98.